The van der Waals surface area contributed by atoms with Crippen LogP contribution in [0.25, 0.3) is 11.4 Å². The van der Waals surface area contributed by atoms with Gasteiger partial charge in [-0.3, -0.25) is 9.59 Å². The Labute approximate surface area is 189 Å². The van der Waals surface area contributed by atoms with E-state index in [1.165, 1.54) is 4.68 Å². The number of aromatic nitrogens is 6. The summed E-state index contributed by atoms with van der Waals surface area (Å²) in [6.07, 6.45) is 8.31. The minimum Gasteiger partial charge on any atom is -0.459 e. The van der Waals surface area contributed by atoms with E-state index in [-0.39, 0.29) is 25.2 Å². The zero-order valence-corrected chi connectivity index (χ0v) is 18.2. The van der Waals surface area contributed by atoms with Crippen LogP contribution in [0.1, 0.15) is 56.3 Å². The number of rotatable bonds is 0. The molecule has 1 aliphatic rings. The molecule has 0 saturated carbocycles. The van der Waals surface area contributed by atoms with E-state index >= 15 is 0 Å². The van der Waals surface area contributed by atoms with Gasteiger partial charge in [0.1, 0.15) is 24.6 Å². The van der Waals surface area contributed by atoms with Crippen molar-refractivity contribution in [1.29, 1.82) is 0 Å². The van der Waals surface area contributed by atoms with Gasteiger partial charge >= 0.3 is 11.9 Å². The number of hydrogen-bond donors (Lipinski definition) is 0. The lowest BCUT2D eigenvalue weighted by atomic mass is 10.1. The van der Waals surface area contributed by atoms with Crippen molar-refractivity contribution in [2.45, 2.75) is 58.2 Å². The van der Waals surface area contributed by atoms with Gasteiger partial charge in [0.25, 0.3) is 0 Å². The van der Waals surface area contributed by atoms with Crippen LogP contribution in [-0.4, -0.2) is 41.9 Å². The summed E-state index contributed by atoms with van der Waals surface area (Å²) < 4.78 is 13.7. The molecular formula is C21H23ClN6O4. The topological polar surface area (TPSA) is 114 Å². The van der Waals surface area contributed by atoms with Gasteiger partial charge in [-0.15, -0.1) is 10.2 Å². The number of fused-ring (bicyclic) bond motifs is 8. The molecule has 32 heavy (non-hydrogen) atoms. The number of ether oxygens (including phenoxy) is 2. The number of hydrogen-bond acceptors (Lipinski definition) is 8. The van der Waals surface area contributed by atoms with Crippen LogP contribution in [0.2, 0.25) is 5.02 Å². The molecule has 11 heteroatoms. The van der Waals surface area contributed by atoms with Crippen molar-refractivity contribution in [3.63, 3.8) is 0 Å². The maximum atomic E-state index is 12.0. The number of carbonyl (C=O) groups is 2. The van der Waals surface area contributed by atoms with Crippen LogP contribution in [0.3, 0.4) is 0 Å². The Morgan fingerprint density at radius 2 is 1.34 bits per heavy atom. The quantitative estimate of drug-likeness (QED) is 0.471. The third-order valence-electron chi connectivity index (χ3n) is 5.05. The Morgan fingerprint density at radius 1 is 0.781 bits per heavy atom. The predicted octanol–water partition coefficient (Wildman–Crippen LogP) is 3.33. The molecule has 4 rings (SSSR count). The van der Waals surface area contributed by atoms with Crippen molar-refractivity contribution in [3.05, 3.63) is 47.0 Å². The molecule has 3 heterocycles. The highest BCUT2D eigenvalue weighted by Crippen LogP contribution is 2.23. The highest BCUT2D eigenvalue weighted by Gasteiger charge is 2.13. The molecule has 1 aromatic carbocycles. The van der Waals surface area contributed by atoms with Gasteiger partial charge in [0.15, 0.2) is 0 Å². The first-order valence-corrected chi connectivity index (χ1v) is 10.9. The third-order valence-corrected chi connectivity index (χ3v) is 5.37. The zero-order valence-electron chi connectivity index (χ0n) is 17.4. The summed E-state index contributed by atoms with van der Waals surface area (Å²) in [6, 6.07) is 5.28. The van der Waals surface area contributed by atoms with E-state index in [1.807, 2.05) is 0 Å². The minimum atomic E-state index is -0.271. The number of nitrogens with zero attached hydrogens (tertiary/aromatic N) is 6. The normalized spacial score (nSPS) is 16.4. The predicted molar refractivity (Wildman–Crippen MR) is 113 cm³/mol. The summed E-state index contributed by atoms with van der Waals surface area (Å²) in [6.45, 7) is 0.110. The van der Waals surface area contributed by atoms with Gasteiger partial charge in [-0.1, -0.05) is 41.3 Å². The Hall–Kier alpha value is -3.27. The van der Waals surface area contributed by atoms with Crippen LogP contribution >= 0.6 is 11.6 Å². The molecule has 10 nitrogen and oxygen atoms in total. The van der Waals surface area contributed by atoms with Crippen molar-refractivity contribution < 1.29 is 19.1 Å². The van der Waals surface area contributed by atoms with Gasteiger partial charge < -0.3 is 9.47 Å². The van der Waals surface area contributed by atoms with Crippen LogP contribution in [0, 0.1) is 0 Å². The van der Waals surface area contributed by atoms with Crippen molar-refractivity contribution in [2.75, 3.05) is 0 Å². The number of cyclic esters (lactones) is 2. The number of halogens is 1. The maximum absolute atomic E-state index is 12.0. The highest BCUT2D eigenvalue weighted by atomic mass is 35.5. The van der Waals surface area contributed by atoms with Gasteiger partial charge in [-0.2, -0.15) is 0 Å². The fourth-order valence-electron chi connectivity index (χ4n) is 3.31. The second kappa shape index (κ2) is 10.4. The van der Waals surface area contributed by atoms with E-state index in [1.54, 1.807) is 35.3 Å². The van der Waals surface area contributed by atoms with E-state index in [2.05, 4.69) is 20.6 Å². The first-order chi connectivity index (χ1) is 15.6. The highest BCUT2D eigenvalue weighted by molar-refractivity contribution is 6.32. The monoisotopic (exact) mass is 458 g/mol. The van der Waals surface area contributed by atoms with E-state index in [4.69, 9.17) is 21.1 Å². The molecule has 3 aromatic rings. The third kappa shape index (κ3) is 5.70. The van der Waals surface area contributed by atoms with Gasteiger partial charge in [0.05, 0.1) is 28.8 Å². The van der Waals surface area contributed by atoms with Crippen LogP contribution < -0.4 is 0 Å². The average Bonchev–Trinajstić information content (AvgIpc) is 3.45. The standard InChI is InChI=1S/C21H23ClN6O4/c22-18-9-8-17-10-19(18)28-12-16(24-26-28)14-32-21(30)7-5-3-1-2-4-6-20(29)31-13-15-11-27(17)25-23-15/h8-12H,1-7,13-14H2. The van der Waals surface area contributed by atoms with Crippen LogP contribution in [0.15, 0.2) is 30.6 Å². The smallest absolute Gasteiger partial charge is 0.306 e. The first kappa shape index (κ1) is 21.9. The lowest BCUT2D eigenvalue weighted by molar-refractivity contribution is -0.146. The molecule has 6 bridgehead atoms. The summed E-state index contributed by atoms with van der Waals surface area (Å²) in [7, 11) is 0. The fourth-order valence-corrected chi connectivity index (χ4v) is 3.52. The van der Waals surface area contributed by atoms with Crippen molar-refractivity contribution in [3.8, 4) is 11.4 Å². The summed E-state index contributed by atoms with van der Waals surface area (Å²) in [4.78, 5) is 23.9. The van der Waals surface area contributed by atoms with Crippen LogP contribution in [0.4, 0.5) is 0 Å². The van der Waals surface area contributed by atoms with Crippen molar-refractivity contribution in [1.82, 2.24) is 30.0 Å². The number of esters is 2. The Bertz CT molecular complexity index is 1100. The van der Waals surface area contributed by atoms with E-state index < -0.39 is 0 Å². The molecule has 0 unspecified atom stereocenters. The SMILES string of the molecule is O=C1CCCCCCCC(=O)OCc2cn(nn2)-c2cc(ccc2Cl)-n2cc(nn2)CO1. The molecule has 168 valence electrons. The summed E-state index contributed by atoms with van der Waals surface area (Å²) >= 11 is 6.36. The molecule has 0 saturated heterocycles. The Balaban J connectivity index is 1.55. The lowest BCUT2D eigenvalue weighted by Gasteiger charge is -2.07. The Kier molecular flexibility index (Phi) is 7.10. The van der Waals surface area contributed by atoms with E-state index in [9.17, 15) is 9.59 Å². The average molecular weight is 459 g/mol. The minimum absolute atomic E-state index is 0.0463. The first-order valence-electron chi connectivity index (χ1n) is 10.5. The van der Waals surface area contributed by atoms with Gasteiger partial charge in [0, 0.05) is 12.8 Å². The van der Waals surface area contributed by atoms with Gasteiger partial charge in [-0.05, 0) is 31.0 Å². The van der Waals surface area contributed by atoms with Gasteiger partial charge in [0.2, 0.25) is 0 Å². The van der Waals surface area contributed by atoms with Crippen molar-refractivity contribution in [2.24, 2.45) is 0 Å². The molecule has 0 fully saturated rings. The van der Waals surface area contributed by atoms with E-state index in [0.717, 1.165) is 32.1 Å². The maximum Gasteiger partial charge on any atom is 0.306 e. The molecule has 1 aliphatic heterocycles. The van der Waals surface area contributed by atoms with E-state index in [0.29, 0.717) is 40.6 Å². The summed E-state index contributed by atoms with van der Waals surface area (Å²) in [5.74, 6) is -0.534. The largest absolute Gasteiger partial charge is 0.459 e. The number of carbonyl (C=O) groups excluding carboxylic acids is 2. The van der Waals surface area contributed by atoms with Crippen molar-refractivity contribution >= 4 is 23.5 Å². The second-order valence-corrected chi connectivity index (χ2v) is 7.94. The molecule has 0 spiro atoms. The summed E-state index contributed by atoms with van der Waals surface area (Å²) in [5.41, 5.74) is 2.34. The molecule has 0 amide bonds. The molecular weight excluding hydrogens is 436 g/mol. The Morgan fingerprint density at radius 3 is 2.00 bits per heavy atom. The molecule has 0 N–H and O–H groups in total. The molecule has 0 radical (unpaired) electrons. The fraction of sp³-hybridized carbons (Fsp3) is 0.429. The zero-order chi connectivity index (χ0) is 22.3. The molecule has 2 aromatic heterocycles. The van der Waals surface area contributed by atoms with Crippen LogP contribution in [0.5, 0.6) is 0 Å². The molecule has 0 aliphatic carbocycles. The van der Waals surface area contributed by atoms with Crippen LogP contribution in [-0.2, 0) is 32.3 Å². The lowest BCUT2D eigenvalue weighted by Crippen LogP contribution is -2.05. The summed E-state index contributed by atoms with van der Waals surface area (Å²) in [5, 5.41) is 16.8. The number of benzene rings is 1. The van der Waals surface area contributed by atoms with Gasteiger partial charge in [-0.25, -0.2) is 9.36 Å². The molecule has 0 atom stereocenters. The second-order valence-electron chi connectivity index (χ2n) is 7.53.